The van der Waals surface area contributed by atoms with Gasteiger partial charge in [-0.15, -0.1) is 10.2 Å². The first-order chi connectivity index (χ1) is 11.0. The van der Waals surface area contributed by atoms with Crippen LogP contribution in [0.15, 0.2) is 23.4 Å². The number of aliphatic hydroxyl groups excluding tert-OH is 1. The van der Waals surface area contributed by atoms with Gasteiger partial charge in [-0.05, 0) is 49.9 Å². The van der Waals surface area contributed by atoms with Crippen LogP contribution in [-0.2, 0) is 7.05 Å². The van der Waals surface area contributed by atoms with E-state index in [2.05, 4.69) is 16.3 Å². The van der Waals surface area contributed by atoms with Crippen molar-refractivity contribution < 1.29 is 9.84 Å². The van der Waals surface area contributed by atoms with Gasteiger partial charge < -0.3 is 14.4 Å². The number of rotatable bonds is 7. The highest BCUT2D eigenvalue weighted by Crippen LogP contribution is 2.39. The Bertz CT molecular complexity index is 662. The molecule has 1 aromatic carbocycles. The Morgan fingerprint density at radius 1 is 1.26 bits per heavy atom. The molecule has 0 spiro atoms. The molecule has 1 fully saturated rings. The monoisotopic (exact) mass is 333 g/mol. The lowest BCUT2D eigenvalue weighted by Gasteiger charge is -2.13. The highest BCUT2D eigenvalue weighted by Gasteiger charge is 2.29. The summed E-state index contributed by atoms with van der Waals surface area (Å²) in [7, 11) is 1.99. The minimum absolute atomic E-state index is 0.281. The minimum Gasteiger partial charge on any atom is -0.491 e. The van der Waals surface area contributed by atoms with Crippen molar-refractivity contribution in [2.75, 3.05) is 12.4 Å². The number of aliphatic hydroxyl groups is 1. The van der Waals surface area contributed by atoms with E-state index in [4.69, 9.17) is 4.74 Å². The second-order valence-electron chi connectivity index (χ2n) is 6.27. The summed E-state index contributed by atoms with van der Waals surface area (Å²) in [5.74, 6) is 3.00. The molecule has 0 saturated heterocycles. The number of ether oxygens (including phenoxy) is 1. The number of aryl methyl sites for hydroxylation is 2. The maximum absolute atomic E-state index is 10.1. The van der Waals surface area contributed by atoms with Gasteiger partial charge in [0.25, 0.3) is 0 Å². The Morgan fingerprint density at radius 2 is 1.96 bits per heavy atom. The lowest BCUT2D eigenvalue weighted by atomic mass is 10.1. The maximum atomic E-state index is 10.1. The van der Waals surface area contributed by atoms with E-state index < -0.39 is 6.10 Å². The van der Waals surface area contributed by atoms with Crippen molar-refractivity contribution >= 4 is 11.8 Å². The van der Waals surface area contributed by atoms with Gasteiger partial charge in [-0.25, -0.2) is 0 Å². The van der Waals surface area contributed by atoms with Crippen LogP contribution < -0.4 is 4.74 Å². The summed E-state index contributed by atoms with van der Waals surface area (Å²) < 4.78 is 7.74. The summed E-state index contributed by atoms with van der Waals surface area (Å²) in [5, 5.41) is 19.4. The molecule has 0 radical (unpaired) electrons. The predicted octanol–water partition coefficient (Wildman–Crippen LogP) is 2.84. The summed E-state index contributed by atoms with van der Waals surface area (Å²) in [6.45, 7) is 4.36. The molecule has 6 heteroatoms. The molecule has 1 atom stereocenters. The largest absolute Gasteiger partial charge is 0.491 e. The summed E-state index contributed by atoms with van der Waals surface area (Å²) in [6.07, 6.45) is 1.88. The van der Waals surface area contributed by atoms with Crippen LogP contribution in [0.5, 0.6) is 5.75 Å². The van der Waals surface area contributed by atoms with E-state index in [1.165, 1.54) is 24.6 Å². The Morgan fingerprint density at radius 3 is 2.61 bits per heavy atom. The molecule has 3 rings (SSSR count). The van der Waals surface area contributed by atoms with Crippen LogP contribution in [0.4, 0.5) is 0 Å². The average molecular weight is 333 g/mol. The van der Waals surface area contributed by atoms with Crippen molar-refractivity contribution in [3.05, 3.63) is 35.2 Å². The molecule has 23 heavy (non-hydrogen) atoms. The van der Waals surface area contributed by atoms with Crippen LogP contribution in [0.2, 0.25) is 0 Å². The zero-order valence-corrected chi connectivity index (χ0v) is 14.6. The number of nitrogens with zero attached hydrogens (tertiary/aromatic N) is 3. The predicted molar refractivity (Wildman–Crippen MR) is 91.1 cm³/mol. The van der Waals surface area contributed by atoms with E-state index in [9.17, 15) is 5.11 Å². The number of hydrogen-bond donors (Lipinski definition) is 1. The zero-order valence-electron chi connectivity index (χ0n) is 13.8. The normalized spacial score (nSPS) is 15.7. The van der Waals surface area contributed by atoms with Crippen LogP contribution >= 0.6 is 11.8 Å². The Labute approximate surface area is 141 Å². The number of thioether (sulfide) groups is 1. The van der Waals surface area contributed by atoms with Crippen LogP contribution in [0.25, 0.3) is 0 Å². The zero-order chi connectivity index (χ0) is 16.4. The quantitative estimate of drug-likeness (QED) is 0.790. The topological polar surface area (TPSA) is 60.2 Å². The molecule has 5 nitrogen and oxygen atoms in total. The first kappa shape index (κ1) is 16.3. The lowest BCUT2D eigenvalue weighted by Crippen LogP contribution is -2.20. The number of benzene rings is 1. The highest BCUT2D eigenvalue weighted by molar-refractivity contribution is 7.99. The molecule has 1 N–H and O–H groups in total. The van der Waals surface area contributed by atoms with Crippen LogP contribution in [0.1, 0.15) is 35.7 Å². The van der Waals surface area contributed by atoms with E-state index in [-0.39, 0.29) is 6.61 Å². The molecule has 1 unspecified atom stereocenters. The van der Waals surface area contributed by atoms with Gasteiger partial charge in [-0.3, -0.25) is 0 Å². The number of hydrogen-bond acceptors (Lipinski definition) is 5. The molecular weight excluding hydrogens is 310 g/mol. The van der Waals surface area contributed by atoms with Crippen LogP contribution in [-0.4, -0.2) is 38.3 Å². The molecule has 0 bridgehead atoms. The maximum Gasteiger partial charge on any atom is 0.191 e. The van der Waals surface area contributed by atoms with E-state index in [1.807, 2.05) is 37.6 Å². The first-order valence-electron chi connectivity index (χ1n) is 7.94. The van der Waals surface area contributed by atoms with Gasteiger partial charge in [0.15, 0.2) is 5.16 Å². The van der Waals surface area contributed by atoms with E-state index in [0.29, 0.717) is 11.7 Å². The van der Waals surface area contributed by atoms with Gasteiger partial charge in [0.1, 0.15) is 18.2 Å². The standard InChI is InChI=1S/C17H23N3O2S/c1-11-6-12(2)8-15(7-11)22-9-14(21)10-23-17-19-18-16(20(17)3)13-4-5-13/h6-8,13-14,21H,4-5,9-10H2,1-3H3. The average Bonchev–Trinajstić information content (AvgIpc) is 3.26. The van der Waals surface area contributed by atoms with Crippen molar-refractivity contribution in [2.24, 2.45) is 7.05 Å². The Balaban J connectivity index is 1.48. The smallest absolute Gasteiger partial charge is 0.191 e. The van der Waals surface area contributed by atoms with Gasteiger partial charge in [0.2, 0.25) is 0 Å². The molecule has 1 aromatic heterocycles. The van der Waals surface area contributed by atoms with E-state index >= 15 is 0 Å². The van der Waals surface area contributed by atoms with Crippen molar-refractivity contribution in [1.82, 2.24) is 14.8 Å². The third kappa shape index (κ3) is 4.26. The third-order valence-electron chi connectivity index (χ3n) is 3.85. The Kier molecular flexibility index (Phi) is 4.92. The molecule has 0 aliphatic heterocycles. The molecule has 2 aromatic rings. The van der Waals surface area contributed by atoms with Crippen molar-refractivity contribution in [3.63, 3.8) is 0 Å². The third-order valence-corrected chi connectivity index (χ3v) is 5.02. The molecule has 1 aliphatic carbocycles. The van der Waals surface area contributed by atoms with E-state index in [0.717, 1.165) is 27.9 Å². The van der Waals surface area contributed by atoms with Gasteiger partial charge in [-0.2, -0.15) is 0 Å². The van der Waals surface area contributed by atoms with Crippen molar-refractivity contribution in [3.8, 4) is 5.75 Å². The molecular formula is C17H23N3O2S. The molecule has 124 valence electrons. The highest BCUT2D eigenvalue weighted by atomic mass is 32.2. The van der Waals surface area contributed by atoms with Gasteiger partial charge in [0, 0.05) is 18.7 Å². The van der Waals surface area contributed by atoms with Crippen LogP contribution in [0.3, 0.4) is 0 Å². The molecule has 1 heterocycles. The summed E-state index contributed by atoms with van der Waals surface area (Å²) >= 11 is 1.52. The second kappa shape index (κ2) is 6.93. The number of aromatic nitrogens is 3. The Hall–Kier alpha value is -1.53. The SMILES string of the molecule is Cc1cc(C)cc(OCC(O)CSc2nnc(C3CC3)n2C)c1. The van der Waals surface area contributed by atoms with Gasteiger partial charge in [-0.1, -0.05) is 17.8 Å². The summed E-state index contributed by atoms with van der Waals surface area (Å²) in [5.41, 5.74) is 2.33. The van der Waals surface area contributed by atoms with Crippen molar-refractivity contribution in [2.45, 2.75) is 43.9 Å². The van der Waals surface area contributed by atoms with Gasteiger partial charge in [0.05, 0.1) is 6.10 Å². The summed E-state index contributed by atoms with van der Waals surface area (Å²) in [4.78, 5) is 0. The van der Waals surface area contributed by atoms with Crippen molar-refractivity contribution in [1.29, 1.82) is 0 Å². The second-order valence-corrected chi connectivity index (χ2v) is 7.26. The fourth-order valence-electron chi connectivity index (χ4n) is 2.58. The van der Waals surface area contributed by atoms with Crippen LogP contribution in [0, 0.1) is 13.8 Å². The first-order valence-corrected chi connectivity index (χ1v) is 8.92. The fourth-order valence-corrected chi connectivity index (χ4v) is 3.40. The fraction of sp³-hybridized carbons (Fsp3) is 0.529. The summed E-state index contributed by atoms with van der Waals surface area (Å²) in [6, 6.07) is 6.07. The van der Waals surface area contributed by atoms with Gasteiger partial charge >= 0.3 is 0 Å². The molecule has 1 aliphatic rings. The minimum atomic E-state index is -0.540. The van der Waals surface area contributed by atoms with E-state index in [1.54, 1.807) is 0 Å². The molecule has 1 saturated carbocycles. The molecule has 0 amide bonds. The lowest BCUT2D eigenvalue weighted by molar-refractivity contribution is 0.126.